The molecule has 0 atom stereocenters. The molecule has 1 heterocycles. The summed E-state index contributed by atoms with van der Waals surface area (Å²) in [7, 11) is 0. The average molecular weight is 240 g/mol. The first-order chi connectivity index (χ1) is 7.81. The van der Waals surface area contributed by atoms with E-state index in [0.717, 1.165) is 43.2 Å². The van der Waals surface area contributed by atoms with Crippen LogP contribution < -0.4 is 4.90 Å². The van der Waals surface area contributed by atoms with Gasteiger partial charge in [-0.15, -0.1) is 0 Å². The van der Waals surface area contributed by atoms with Gasteiger partial charge in [-0.05, 0) is 31.9 Å². The van der Waals surface area contributed by atoms with Crippen molar-refractivity contribution in [3.8, 4) is 0 Å². The van der Waals surface area contributed by atoms with E-state index in [-0.39, 0.29) is 0 Å². The molecule has 1 aliphatic heterocycles. The molecule has 1 aromatic rings. The molecule has 1 saturated heterocycles. The van der Waals surface area contributed by atoms with E-state index in [4.69, 9.17) is 16.3 Å². The van der Waals surface area contributed by atoms with E-state index < -0.39 is 0 Å². The lowest BCUT2D eigenvalue weighted by Gasteiger charge is -2.33. The van der Waals surface area contributed by atoms with Crippen LogP contribution in [-0.4, -0.2) is 25.8 Å². The molecule has 88 valence electrons. The lowest BCUT2D eigenvalue weighted by atomic mass is 10.1. The lowest BCUT2D eigenvalue weighted by molar-refractivity contribution is 0.0459. The molecule has 1 aliphatic rings. The van der Waals surface area contributed by atoms with E-state index in [1.165, 1.54) is 0 Å². The van der Waals surface area contributed by atoms with Gasteiger partial charge >= 0.3 is 0 Å². The monoisotopic (exact) mass is 239 g/mol. The molecular weight excluding hydrogens is 222 g/mol. The second kappa shape index (κ2) is 5.55. The fourth-order valence-electron chi connectivity index (χ4n) is 2.21. The Labute approximate surface area is 102 Å². The highest BCUT2D eigenvalue weighted by molar-refractivity contribution is 6.33. The van der Waals surface area contributed by atoms with E-state index in [2.05, 4.69) is 17.9 Å². The van der Waals surface area contributed by atoms with Crippen molar-refractivity contribution in [3.05, 3.63) is 29.3 Å². The highest BCUT2D eigenvalue weighted by atomic mass is 35.5. The van der Waals surface area contributed by atoms with Crippen LogP contribution in [0.5, 0.6) is 0 Å². The predicted octanol–water partition coefficient (Wildman–Crippen LogP) is 3.35. The molecule has 3 heteroatoms. The Morgan fingerprint density at radius 2 is 2.00 bits per heavy atom. The number of para-hydroxylation sites is 1. The molecule has 0 spiro atoms. The minimum atomic E-state index is 0.434. The Kier molecular flexibility index (Phi) is 4.08. The molecule has 0 aromatic heterocycles. The second-order valence-electron chi connectivity index (χ2n) is 4.09. The summed E-state index contributed by atoms with van der Waals surface area (Å²) in [6.45, 7) is 4.94. The Morgan fingerprint density at radius 3 is 2.62 bits per heavy atom. The number of piperidine rings is 1. The van der Waals surface area contributed by atoms with Gasteiger partial charge in [0.05, 0.1) is 16.8 Å². The van der Waals surface area contributed by atoms with E-state index >= 15 is 0 Å². The number of hydrogen-bond acceptors (Lipinski definition) is 2. The van der Waals surface area contributed by atoms with Crippen LogP contribution in [0.1, 0.15) is 19.8 Å². The van der Waals surface area contributed by atoms with Crippen molar-refractivity contribution >= 4 is 17.3 Å². The third kappa shape index (κ3) is 2.69. The SMILES string of the molecule is CCOC1CCN(c2ccccc2Cl)CC1. The fraction of sp³-hybridized carbons (Fsp3) is 0.538. The molecular formula is C13H18ClNO. The van der Waals surface area contributed by atoms with Crippen LogP contribution in [0.3, 0.4) is 0 Å². The number of hydrogen-bond donors (Lipinski definition) is 0. The van der Waals surface area contributed by atoms with Crippen LogP contribution in [-0.2, 0) is 4.74 Å². The fourth-order valence-corrected chi connectivity index (χ4v) is 2.46. The molecule has 0 bridgehead atoms. The Morgan fingerprint density at radius 1 is 1.31 bits per heavy atom. The molecule has 2 rings (SSSR count). The highest BCUT2D eigenvalue weighted by Gasteiger charge is 2.20. The number of anilines is 1. The van der Waals surface area contributed by atoms with Crippen LogP contribution in [0.2, 0.25) is 5.02 Å². The molecule has 1 aromatic carbocycles. The van der Waals surface area contributed by atoms with Gasteiger partial charge < -0.3 is 9.64 Å². The van der Waals surface area contributed by atoms with Gasteiger partial charge in [0, 0.05) is 19.7 Å². The van der Waals surface area contributed by atoms with Crippen LogP contribution >= 0.6 is 11.6 Å². The molecule has 0 radical (unpaired) electrons. The first-order valence-electron chi connectivity index (χ1n) is 5.92. The molecule has 0 amide bonds. The Bertz CT molecular complexity index is 334. The summed E-state index contributed by atoms with van der Waals surface area (Å²) in [6.07, 6.45) is 2.63. The Hall–Kier alpha value is -0.730. The lowest BCUT2D eigenvalue weighted by Crippen LogP contribution is -2.37. The maximum Gasteiger partial charge on any atom is 0.0639 e. The van der Waals surface area contributed by atoms with Gasteiger partial charge in [-0.2, -0.15) is 0 Å². The van der Waals surface area contributed by atoms with Crippen molar-refractivity contribution < 1.29 is 4.74 Å². The number of rotatable bonds is 3. The maximum atomic E-state index is 6.18. The summed E-state index contributed by atoms with van der Waals surface area (Å²) >= 11 is 6.18. The van der Waals surface area contributed by atoms with Gasteiger partial charge in [-0.25, -0.2) is 0 Å². The number of ether oxygens (including phenoxy) is 1. The zero-order chi connectivity index (χ0) is 11.4. The van der Waals surface area contributed by atoms with E-state index in [0.29, 0.717) is 6.10 Å². The van der Waals surface area contributed by atoms with Crippen LogP contribution in [0.25, 0.3) is 0 Å². The first-order valence-corrected chi connectivity index (χ1v) is 6.30. The van der Waals surface area contributed by atoms with Crippen LogP contribution in [0.4, 0.5) is 5.69 Å². The second-order valence-corrected chi connectivity index (χ2v) is 4.50. The van der Waals surface area contributed by atoms with Gasteiger partial charge in [0.1, 0.15) is 0 Å². The van der Waals surface area contributed by atoms with Gasteiger partial charge in [0.25, 0.3) is 0 Å². The maximum absolute atomic E-state index is 6.18. The van der Waals surface area contributed by atoms with E-state index in [9.17, 15) is 0 Å². The normalized spacial score (nSPS) is 17.8. The summed E-state index contributed by atoms with van der Waals surface area (Å²) in [6, 6.07) is 8.05. The molecule has 0 N–H and O–H groups in total. The minimum absolute atomic E-state index is 0.434. The highest BCUT2D eigenvalue weighted by Crippen LogP contribution is 2.28. The summed E-state index contributed by atoms with van der Waals surface area (Å²) in [5.74, 6) is 0. The molecule has 1 fully saturated rings. The van der Waals surface area contributed by atoms with Gasteiger partial charge in [0.15, 0.2) is 0 Å². The third-order valence-electron chi connectivity index (χ3n) is 3.04. The smallest absolute Gasteiger partial charge is 0.0639 e. The zero-order valence-corrected chi connectivity index (χ0v) is 10.4. The summed E-state index contributed by atoms with van der Waals surface area (Å²) in [4.78, 5) is 2.35. The van der Waals surface area contributed by atoms with Gasteiger partial charge in [0.2, 0.25) is 0 Å². The number of nitrogens with zero attached hydrogens (tertiary/aromatic N) is 1. The van der Waals surface area contributed by atoms with E-state index in [1.54, 1.807) is 0 Å². The molecule has 0 unspecified atom stereocenters. The average Bonchev–Trinajstić information content (AvgIpc) is 2.31. The van der Waals surface area contributed by atoms with Crippen molar-refractivity contribution in [1.82, 2.24) is 0 Å². The van der Waals surface area contributed by atoms with Crippen LogP contribution in [0, 0.1) is 0 Å². The molecule has 16 heavy (non-hydrogen) atoms. The first kappa shape index (κ1) is 11.7. The third-order valence-corrected chi connectivity index (χ3v) is 3.36. The van der Waals surface area contributed by atoms with Crippen molar-refractivity contribution in [3.63, 3.8) is 0 Å². The molecule has 0 aliphatic carbocycles. The van der Waals surface area contributed by atoms with Crippen molar-refractivity contribution in [1.29, 1.82) is 0 Å². The molecule has 0 saturated carbocycles. The summed E-state index contributed by atoms with van der Waals surface area (Å²) in [5, 5.41) is 0.845. The Balaban J connectivity index is 1.96. The van der Waals surface area contributed by atoms with Gasteiger partial charge in [-0.3, -0.25) is 0 Å². The van der Waals surface area contributed by atoms with Crippen LogP contribution in [0.15, 0.2) is 24.3 Å². The van der Waals surface area contributed by atoms with Crippen molar-refractivity contribution in [2.24, 2.45) is 0 Å². The summed E-state index contributed by atoms with van der Waals surface area (Å²) in [5.41, 5.74) is 1.15. The largest absolute Gasteiger partial charge is 0.378 e. The zero-order valence-electron chi connectivity index (χ0n) is 9.66. The minimum Gasteiger partial charge on any atom is -0.378 e. The summed E-state index contributed by atoms with van der Waals surface area (Å²) < 4.78 is 5.64. The van der Waals surface area contributed by atoms with Gasteiger partial charge in [-0.1, -0.05) is 23.7 Å². The predicted molar refractivity (Wildman–Crippen MR) is 68.3 cm³/mol. The van der Waals surface area contributed by atoms with Crippen molar-refractivity contribution in [2.75, 3.05) is 24.6 Å². The standard InChI is InChI=1S/C13H18ClNO/c1-2-16-11-7-9-15(10-8-11)13-6-4-3-5-12(13)14/h3-6,11H,2,7-10H2,1H3. The van der Waals surface area contributed by atoms with Crippen molar-refractivity contribution in [2.45, 2.75) is 25.9 Å². The topological polar surface area (TPSA) is 12.5 Å². The molecule has 2 nitrogen and oxygen atoms in total. The number of benzene rings is 1. The number of halogens is 1. The quantitative estimate of drug-likeness (QED) is 0.802. The van der Waals surface area contributed by atoms with E-state index in [1.807, 2.05) is 18.2 Å².